The second-order valence-electron chi connectivity index (χ2n) is 5.94. The van der Waals surface area contributed by atoms with Crippen molar-refractivity contribution < 1.29 is 9.90 Å². The van der Waals surface area contributed by atoms with Gasteiger partial charge in [-0.05, 0) is 32.8 Å². The zero-order valence-electron chi connectivity index (χ0n) is 11.4. The Morgan fingerprint density at radius 3 is 2.42 bits per heavy atom. The maximum Gasteiger partial charge on any atom is 0.308 e. The van der Waals surface area contributed by atoms with E-state index in [0.29, 0.717) is 12.5 Å². The molecule has 2 heterocycles. The largest absolute Gasteiger partial charge is 0.481 e. The minimum Gasteiger partial charge on any atom is -0.481 e. The van der Waals surface area contributed by atoms with Crippen LogP contribution in [-0.2, 0) is 4.79 Å². The number of hydrogen-bond donors (Lipinski definition) is 1. The summed E-state index contributed by atoms with van der Waals surface area (Å²) in [6.07, 6.45) is 3.18. The van der Waals surface area contributed by atoms with Crippen LogP contribution in [0.5, 0.6) is 0 Å². The van der Waals surface area contributed by atoms with Gasteiger partial charge >= 0.3 is 5.97 Å². The van der Waals surface area contributed by atoms with Crippen LogP contribution in [0.2, 0.25) is 0 Å². The summed E-state index contributed by atoms with van der Waals surface area (Å²) in [4.78, 5) is 22.4. The molecule has 19 heavy (non-hydrogen) atoms. The van der Waals surface area contributed by atoms with Gasteiger partial charge in [-0.3, -0.25) is 4.79 Å². The minimum atomic E-state index is -0.674. The van der Waals surface area contributed by atoms with Crippen molar-refractivity contribution in [1.82, 2.24) is 9.97 Å². The highest BCUT2D eigenvalue weighted by Gasteiger charge is 2.54. The van der Waals surface area contributed by atoms with E-state index in [2.05, 4.69) is 14.9 Å². The van der Waals surface area contributed by atoms with E-state index in [9.17, 15) is 9.90 Å². The van der Waals surface area contributed by atoms with E-state index in [-0.39, 0.29) is 11.3 Å². The van der Waals surface area contributed by atoms with Crippen LogP contribution in [0.3, 0.4) is 0 Å². The van der Waals surface area contributed by atoms with Crippen LogP contribution >= 0.6 is 0 Å². The zero-order chi connectivity index (χ0) is 13.6. The average Bonchev–Trinajstić information content (AvgIpc) is 2.67. The van der Waals surface area contributed by atoms with E-state index in [0.717, 1.165) is 37.2 Å². The van der Waals surface area contributed by atoms with Crippen molar-refractivity contribution in [2.45, 2.75) is 33.1 Å². The van der Waals surface area contributed by atoms with Gasteiger partial charge in [-0.2, -0.15) is 0 Å². The number of nitrogens with zero attached hydrogens (tertiary/aromatic N) is 3. The number of aromatic nitrogens is 2. The van der Waals surface area contributed by atoms with Crippen molar-refractivity contribution in [3.05, 3.63) is 17.5 Å². The summed E-state index contributed by atoms with van der Waals surface area (Å²) < 4.78 is 0. The first-order valence-corrected chi connectivity index (χ1v) is 6.80. The Kier molecular flexibility index (Phi) is 2.73. The summed E-state index contributed by atoms with van der Waals surface area (Å²) in [5.74, 6) is -0.259. The molecule has 0 radical (unpaired) electrons. The van der Waals surface area contributed by atoms with E-state index < -0.39 is 5.97 Å². The molecule has 1 spiro atoms. The SMILES string of the molecule is Cc1cc(C)nc(N2C[C@@H](C(=O)O)C3(CCC3)C2)n1. The molecule has 2 aliphatic rings. The van der Waals surface area contributed by atoms with Gasteiger partial charge < -0.3 is 10.0 Å². The number of anilines is 1. The molecule has 1 saturated carbocycles. The van der Waals surface area contributed by atoms with Gasteiger partial charge in [0.15, 0.2) is 0 Å². The number of carboxylic acid groups (broad SMARTS) is 1. The third-order valence-corrected chi connectivity index (χ3v) is 4.55. The lowest BCUT2D eigenvalue weighted by Gasteiger charge is -2.40. The molecule has 0 amide bonds. The predicted octanol–water partition coefficient (Wildman–Crippen LogP) is 1.78. The van der Waals surface area contributed by atoms with Gasteiger partial charge in [-0.25, -0.2) is 9.97 Å². The first kappa shape index (κ1) is 12.4. The van der Waals surface area contributed by atoms with Gasteiger partial charge in [-0.15, -0.1) is 0 Å². The molecule has 1 atom stereocenters. The lowest BCUT2D eigenvalue weighted by molar-refractivity contribution is -0.146. The number of aliphatic carboxylic acids is 1. The number of carboxylic acids is 1. The van der Waals surface area contributed by atoms with Crippen molar-refractivity contribution in [1.29, 1.82) is 0 Å². The van der Waals surface area contributed by atoms with Crippen molar-refractivity contribution >= 4 is 11.9 Å². The van der Waals surface area contributed by atoms with Gasteiger partial charge in [0.05, 0.1) is 5.92 Å². The first-order valence-electron chi connectivity index (χ1n) is 6.80. The number of aryl methyl sites for hydroxylation is 2. The molecule has 2 fully saturated rings. The topological polar surface area (TPSA) is 66.3 Å². The fraction of sp³-hybridized carbons (Fsp3) is 0.643. The Morgan fingerprint density at radius 1 is 1.37 bits per heavy atom. The lowest BCUT2D eigenvalue weighted by atomic mass is 9.63. The second kappa shape index (κ2) is 4.18. The van der Waals surface area contributed by atoms with Crippen molar-refractivity contribution in [3.63, 3.8) is 0 Å². The normalized spacial score (nSPS) is 24.5. The fourth-order valence-electron chi connectivity index (χ4n) is 3.45. The molecule has 5 heteroatoms. The van der Waals surface area contributed by atoms with Gasteiger partial charge in [0.25, 0.3) is 0 Å². The molecule has 5 nitrogen and oxygen atoms in total. The first-order chi connectivity index (χ1) is 9.00. The maximum absolute atomic E-state index is 11.5. The van der Waals surface area contributed by atoms with Crippen molar-refractivity contribution in [3.8, 4) is 0 Å². The minimum absolute atomic E-state index is 0.0349. The molecule has 3 rings (SSSR count). The Balaban J connectivity index is 1.89. The van der Waals surface area contributed by atoms with Crippen LogP contribution in [0.25, 0.3) is 0 Å². The number of hydrogen-bond acceptors (Lipinski definition) is 4. The molecule has 1 aromatic rings. The molecule has 1 aromatic heterocycles. The van der Waals surface area contributed by atoms with Gasteiger partial charge in [0.2, 0.25) is 5.95 Å². The monoisotopic (exact) mass is 261 g/mol. The summed E-state index contributed by atoms with van der Waals surface area (Å²) in [6, 6.07) is 1.94. The summed E-state index contributed by atoms with van der Waals surface area (Å²) in [7, 11) is 0. The van der Waals surface area contributed by atoms with Crippen LogP contribution in [0, 0.1) is 25.2 Å². The Labute approximate surface area is 112 Å². The van der Waals surface area contributed by atoms with Gasteiger partial charge in [-0.1, -0.05) is 6.42 Å². The average molecular weight is 261 g/mol. The fourth-order valence-corrected chi connectivity index (χ4v) is 3.45. The summed E-state index contributed by atoms with van der Waals surface area (Å²) in [5.41, 5.74) is 1.83. The number of rotatable bonds is 2. The Morgan fingerprint density at radius 2 is 2.00 bits per heavy atom. The smallest absolute Gasteiger partial charge is 0.308 e. The van der Waals surface area contributed by atoms with Crippen molar-refractivity contribution in [2.75, 3.05) is 18.0 Å². The van der Waals surface area contributed by atoms with Gasteiger partial charge in [0, 0.05) is 29.9 Å². The maximum atomic E-state index is 11.5. The molecule has 1 saturated heterocycles. The van der Waals surface area contributed by atoms with Crippen LogP contribution < -0.4 is 4.90 Å². The third-order valence-electron chi connectivity index (χ3n) is 4.55. The van der Waals surface area contributed by atoms with E-state index in [1.54, 1.807) is 0 Å². The highest BCUT2D eigenvalue weighted by molar-refractivity contribution is 5.73. The highest BCUT2D eigenvalue weighted by atomic mass is 16.4. The molecule has 1 aliphatic carbocycles. The van der Waals surface area contributed by atoms with E-state index >= 15 is 0 Å². The van der Waals surface area contributed by atoms with E-state index in [4.69, 9.17) is 0 Å². The lowest BCUT2D eigenvalue weighted by Crippen LogP contribution is -2.40. The van der Waals surface area contributed by atoms with Crippen LogP contribution in [-0.4, -0.2) is 34.1 Å². The van der Waals surface area contributed by atoms with Gasteiger partial charge in [0.1, 0.15) is 0 Å². The molecule has 1 aliphatic heterocycles. The number of carbonyl (C=O) groups is 1. The van der Waals surface area contributed by atoms with Crippen LogP contribution in [0.1, 0.15) is 30.7 Å². The van der Waals surface area contributed by atoms with Crippen LogP contribution in [0.4, 0.5) is 5.95 Å². The molecule has 0 bridgehead atoms. The summed E-state index contributed by atoms with van der Waals surface area (Å²) >= 11 is 0. The Hall–Kier alpha value is -1.65. The summed E-state index contributed by atoms with van der Waals surface area (Å²) in [5, 5.41) is 9.42. The third kappa shape index (κ3) is 1.97. The molecule has 1 N–H and O–H groups in total. The van der Waals surface area contributed by atoms with Crippen molar-refractivity contribution in [2.24, 2.45) is 11.3 Å². The molecule has 0 unspecified atom stereocenters. The molecule has 0 aromatic carbocycles. The zero-order valence-corrected chi connectivity index (χ0v) is 11.4. The van der Waals surface area contributed by atoms with E-state index in [1.807, 2.05) is 19.9 Å². The molecular weight excluding hydrogens is 242 g/mol. The Bertz CT molecular complexity index is 505. The quantitative estimate of drug-likeness (QED) is 0.879. The van der Waals surface area contributed by atoms with Crippen LogP contribution in [0.15, 0.2) is 6.07 Å². The molecule has 102 valence electrons. The summed E-state index contributed by atoms with van der Waals surface area (Å²) in [6.45, 7) is 5.22. The standard InChI is InChI=1S/C14H19N3O2/c1-9-6-10(2)16-13(15-9)17-7-11(12(18)19)14(8-17)4-3-5-14/h6,11H,3-5,7-8H2,1-2H3,(H,18,19)/t11-/m0/s1. The highest BCUT2D eigenvalue weighted by Crippen LogP contribution is 2.52. The van der Waals surface area contributed by atoms with E-state index in [1.165, 1.54) is 0 Å². The second-order valence-corrected chi connectivity index (χ2v) is 5.94. The predicted molar refractivity (Wildman–Crippen MR) is 71.1 cm³/mol. The molecular formula is C14H19N3O2.